The molecule has 2 unspecified atom stereocenters. The first kappa shape index (κ1) is 14.0. The molecule has 2 fully saturated rings. The third kappa shape index (κ3) is 2.47. The van der Waals surface area contributed by atoms with Crippen molar-refractivity contribution in [1.82, 2.24) is 9.47 Å². The van der Waals surface area contributed by atoms with Gasteiger partial charge in [0.1, 0.15) is 5.69 Å². The van der Waals surface area contributed by atoms with E-state index in [4.69, 9.17) is 17.3 Å². The maximum atomic E-state index is 12.8. The number of hydrogen-bond donors (Lipinski definition) is 1. The summed E-state index contributed by atoms with van der Waals surface area (Å²) in [4.78, 5) is 14.6. The fourth-order valence-corrected chi connectivity index (χ4v) is 3.61. The van der Waals surface area contributed by atoms with E-state index in [0.29, 0.717) is 23.5 Å². The van der Waals surface area contributed by atoms with Crippen molar-refractivity contribution in [3.05, 3.63) is 23.0 Å². The first-order valence-electron chi connectivity index (χ1n) is 7.46. The predicted octanol–water partition coefficient (Wildman–Crippen LogP) is 2.68. The standard InChI is InChI=1S/C15H22ClN3O/c1-18(13-4-2-3-10(13)8-17)15(20)14-7-11(16)9-19(14)12-5-6-12/h7,9-10,12-13H,2-6,8,17H2,1H3. The highest BCUT2D eigenvalue weighted by molar-refractivity contribution is 6.31. The number of hydrogen-bond acceptors (Lipinski definition) is 2. The van der Waals surface area contributed by atoms with Crippen LogP contribution in [0.5, 0.6) is 0 Å². The molecule has 0 saturated heterocycles. The van der Waals surface area contributed by atoms with Gasteiger partial charge in [0, 0.05) is 25.3 Å². The molecule has 1 aromatic heterocycles. The van der Waals surface area contributed by atoms with Gasteiger partial charge < -0.3 is 15.2 Å². The maximum Gasteiger partial charge on any atom is 0.270 e. The minimum absolute atomic E-state index is 0.0779. The topological polar surface area (TPSA) is 51.3 Å². The van der Waals surface area contributed by atoms with Gasteiger partial charge in [-0.3, -0.25) is 4.79 Å². The first-order valence-corrected chi connectivity index (χ1v) is 7.84. The Bertz CT molecular complexity index is 509. The second kappa shape index (κ2) is 5.41. The summed E-state index contributed by atoms with van der Waals surface area (Å²) in [7, 11) is 1.90. The molecule has 2 N–H and O–H groups in total. The van der Waals surface area contributed by atoms with E-state index < -0.39 is 0 Å². The summed E-state index contributed by atoms with van der Waals surface area (Å²) in [5.74, 6) is 0.512. The SMILES string of the molecule is CN(C(=O)c1cc(Cl)cn1C1CC1)C1CCCC1CN. The van der Waals surface area contributed by atoms with Crippen LogP contribution >= 0.6 is 11.6 Å². The van der Waals surface area contributed by atoms with Crippen LogP contribution in [0.2, 0.25) is 5.02 Å². The molecule has 0 aliphatic heterocycles. The molecule has 2 saturated carbocycles. The van der Waals surface area contributed by atoms with Crippen LogP contribution in [0, 0.1) is 5.92 Å². The molecule has 0 bridgehead atoms. The average molecular weight is 296 g/mol. The molecular formula is C15H22ClN3O. The van der Waals surface area contributed by atoms with E-state index in [1.165, 1.54) is 0 Å². The zero-order valence-electron chi connectivity index (χ0n) is 11.9. The van der Waals surface area contributed by atoms with Crippen LogP contribution in [-0.2, 0) is 0 Å². The lowest BCUT2D eigenvalue weighted by molar-refractivity contribution is 0.0688. The Kier molecular flexibility index (Phi) is 3.78. The molecule has 2 atom stereocenters. The number of aromatic nitrogens is 1. The first-order chi connectivity index (χ1) is 9.61. The molecule has 1 amide bonds. The van der Waals surface area contributed by atoms with Gasteiger partial charge in [0.05, 0.1) is 5.02 Å². The smallest absolute Gasteiger partial charge is 0.270 e. The summed E-state index contributed by atoms with van der Waals surface area (Å²) in [6, 6.07) is 2.53. The van der Waals surface area contributed by atoms with Crippen LogP contribution in [0.3, 0.4) is 0 Å². The third-order valence-corrected chi connectivity index (χ3v) is 4.92. The number of halogens is 1. The fraction of sp³-hybridized carbons (Fsp3) is 0.667. The summed E-state index contributed by atoms with van der Waals surface area (Å²) in [6.07, 6.45) is 7.52. The quantitative estimate of drug-likeness (QED) is 0.928. The predicted molar refractivity (Wildman–Crippen MR) is 80.0 cm³/mol. The third-order valence-electron chi connectivity index (χ3n) is 4.71. The molecule has 110 valence electrons. The summed E-state index contributed by atoms with van der Waals surface area (Å²) >= 11 is 6.09. The van der Waals surface area contributed by atoms with E-state index in [0.717, 1.165) is 37.8 Å². The van der Waals surface area contributed by atoms with Gasteiger partial charge >= 0.3 is 0 Å². The van der Waals surface area contributed by atoms with Gasteiger partial charge in [0.2, 0.25) is 0 Å². The molecule has 5 heteroatoms. The van der Waals surface area contributed by atoms with Gasteiger partial charge in [-0.05, 0) is 44.2 Å². The van der Waals surface area contributed by atoms with Crippen LogP contribution in [0.4, 0.5) is 0 Å². The number of nitrogens with zero attached hydrogens (tertiary/aromatic N) is 2. The van der Waals surface area contributed by atoms with Crippen LogP contribution in [0.1, 0.15) is 48.6 Å². The molecule has 3 rings (SSSR count). The van der Waals surface area contributed by atoms with E-state index in [1.807, 2.05) is 22.7 Å². The van der Waals surface area contributed by atoms with Crippen molar-refractivity contribution in [1.29, 1.82) is 0 Å². The van der Waals surface area contributed by atoms with Gasteiger partial charge in [-0.2, -0.15) is 0 Å². The molecule has 1 heterocycles. The lowest BCUT2D eigenvalue weighted by atomic mass is 10.0. The normalized spacial score (nSPS) is 25.9. The van der Waals surface area contributed by atoms with Crippen LogP contribution in [0.15, 0.2) is 12.3 Å². The minimum Gasteiger partial charge on any atom is -0.339 e. The maximum absolute atomic E-state index is 12.8. The van der Waals surface area contributed by atoms with Gasteiger partial charge in [0.15, 0.2) is 0 Å². The lowest BCUT2D eigenvalue weighted by Gasteiger charge is -2.29. The van der Waals surface area contributed by atoms with Crippen LogP contribution in [0.25, 0.3) is 0 Å². The molecule has 2 aliphatic carbocycles. The zero-order valence-corrected chi connectivity index (χ0v) is 12.6. The summed E-state index contributed by atoms with van der Waals surface area (Å²) < 4.78 is 2.05. The molecule has 4 nitrogen and oxygen atoms in total. The highest BCUT2D eigenvalue weighted by Crippen LogP contribution is 2.38. The molecule has 20 heavy (non-hydrogen) atoms. The van der Waals surface area contributed by atoms with E-state index >= 15 is 0 Å². The van der Waals surface area contributed by atoms with Gasteiger partial charge in [0.25, 0.3) is 5.91 Å². The molecule has 1 aromatic rings. The molecule has 2 aliphatic rings. The van der Waals surface area contributed by atoms with Crippen molar-refractivity contribution >= 4 is 17.5 Å². The second-order valence-corrected chi connectivity index (χ2v) is 6.53. The van der Waals surface area contributed by atoms with E-state index in [1.54, 1.807) is 6.07 Å². The van der Waals surface area contributed by atoms with Gasteiger partial charge in [-0.25, -0.2) is 0 Å². The Morgan fingerprint density at radius 1 is 1.45 bits per heavy atom. The zero-order chi connectivity index (χ0) is 14.3. The Balaban J connectivity index is 1.81. The highest BCUT2D eigenvalue weighted by atomic mass is 35.5. The summed E-state index contributed by atoms with van der Waals surface area (Å²) in [5.41, 5.74) is 6.55. The van der Waals surface area contributed by atoms with Crippen molar-refractivity contribution < 1.29 is 4.79 Å². The fourth-order valence-electron chi connectivity index (χ4n) is 3.41. The number of amides is 1. The lowest BCUT2D eigenvalue weighted by Crippen LogP contribution is -2.42. The van der Waals surface area contributed by atoms with Crippen LogP contribution in [-0.4, -0.2) is 35.0 Å². The minimum atomic E-state index is 0.0779. The van der Waals surface area contributed by atoms with E-state index in [-0.39, 0.29) is 11.9 Å². The monoisotopic (exact) mass is 295 g/mol. The Morgan fingerprint density at radius 3 is 2.85 bits per heavy atom. The largest absolute Gasteiger partial charge is 0.339 e. The van der Waals surface area contributed by atoms with Crippen molar-refractivity contribution in [2.45, 2.75) is 44.2 Å². The Labute approximate surface area is 124 Å². The van der Waals surface area contributed by atoms with E-state index in [9.17, 15) is 4.79 Å². The number of carbonyl (C=O) groups is 1. The Hall–Kier alpha value is -1.00. The van der Waals surface area contributed by atoms with Gasteiger partial charge in [-0.15, -0.1) is 0 Å². The average Bonchev–Trinajstić information content (AvgIpc) is 3.05. The molecule has 0 spiro atoms. The molecule has 0 radical (unpaired) electrons. The van der Waals surface area contributed by atoms with Gasteiger partial charge in [-0.1, -0.05) is 18.0 Å². The summed E-state index contributed by atoms with van der Waals surface area (Å²) in [5, 5.41) is 0.649. The van der Waals surface area contributed by atoms with Crippen molar-refractivity contribution in [2.24, 2.45) is 11.7 Å². The number of rotatable bonds is 4. The van der Waals surface area contributed by atoms with Crippen molar-refractivity contribution in [3.8, 4) is 0 Å². The molecule has 0 aromatic carbocycles. The Morgan fingerprint density at radius 2 is 2.20 bits per heavy atom. The second-order valence-electron chi connectivity index (χ2n) is 6.09. The van der Waals surface area contributed by atoms with Crippen molar-refractivity contribution in [2.75, 3.05) is 13.6 Å². The number of nitrogens with two attached hydrogens (primary N) is 1. The van der Waals surface area contributed by atoms with E-state index in [2.05, 4.69) is 0 Å². The summed E-state index contributed by atoms with van der Waals surface area (Å²) in [6.45, 7) is 0.659. The van der Waals surface area contributed by atoms with Crippen molar-refractivity contribution in [3.63, 3.8) is 0 Å². The molecular weight excluding hydrogens is 274 g/mol. The number of carbonyl (C=O) groups excluding carboxylic acids is 1. The van der Waals surface area contributed by atoms with Crippen LogP contribution < -0.4 is 5.73 Å². The highest BCUT2D eigenvalue weighted by Gasteiger charge is 2.34.